The predicted octanol–water partition coefficient (Wildman–Crippen LogP) is 2.21. The molecule has 0 amide bonds. The quantitative estimate of drug-likeness (QED) is 0.712. The number of methoxy groups -OCH3 is 1. The van der Waals surface area contributed by atoms with Gasteiger partial charge in [0.25, 0.3) is 0 Å². The lowest BCUT2D eigenvalue weighted by atomic mass is 9.97. The minimum absolute atomic E-state index is 0.150. The monoisotopic (exact) mass is 241 g/mol. The van der Waals surface area contributed by atoms with Crippen LogP contribution in [0.5, 0.6) is 0 Å². The molecule has 1 rings (SSSR count). The zero-order chi connectivity index (χ0) is 13.1. The van der Waals surface area contributed by atoms with Crippen molar-refractivity contribution in [2.45, 2.75) is 52.7 Å². The first-order valence-electron chi connectivity index (χ1n) is 6.10. The topological polar surface area (TPSA) is 47.9 Å². The van der Waals surface area contributed by atoms with Gasteiger partial charge in [-0.3, -0.25) is 9.79 Å². The molecule has 0 saturated heterocycles. The van der Waals surface area contributed by atoms with Gasteiger partial charge in [-0.25, -0.2) is 0 Å². The highest BCUT2D eigenvalue weighted by molar-refractivity contribution is 5.88. The molecule has 0 spiro atoms. The third kappa shape index (κ3) is 4.11. The molecule has 0 aromatic heterocycles. The van der Waals surface area contributed by atoms with E-state index in [4.69, 9.17) is 9.47 Å². The Morgan fingerprint density at radius 1 is 1.47 bits per heavy atom. The van der Waals surface area contributed by atoms with Crippen molar-refractivity contribution in [2.24, 2.45) is 10.4 Å². The Bertz CT molecular complexity index is 304. The number of hydrogen-bond acceptors (Lipinski definition) is 4. The molecule has 0 bridgehead atoms. The molecule has 0 aromatic rings. The minimum atomic E-state index is -0.449. The van der Waals surface area contributed by atoms with Crippen molar-refractivity contribution in [3.8, 4) is 0 Å². The first kappa shape index (κ1) is 14.2. The number of esters is 1. The molecule has 0 saturated carbocycles. The third-order valence-corrected chi connectivity index (χ3v) is 2.93. The predicted molar refractivity (Wildman–Crippen MR) is 67.3 cm³/mol. The fourth-order valence-electron chi connectivity index (χ4n) is 1.78. The lowest BCUT2D eigenvalue weighted by Crippen LogP contribution is -2.33. The number of ether oxygens (including phenoxy) is 2. The highest BCUT2D eigenvalue weighted by Crippen LogP contribution is 2.19. The molecular weight excluding hydrogens is 218 g/mol. The van der Waals surface area contributed by atoms with E-state index in [0.29, 0.717) is 6.61 Å². The van der Waals surface area contributed by atoms with E-state index in [2.05, 4.69) is 4.99 Å². The molecule has 1 aliphatic rings. The number of carbonyl (C=O) groups excluding carboxylic acids is 1. The van der Waals surface area contributed by atoms with Crippen molar-refractivity contribution in [3.05, 3.63) is 0 Å². The summed E-state index contributed by atoms with van der Waals surface area (Å²) in [5.41, 5.74) is 0.513. The first-order valence-corrected chi connectivity index (χ1v) is 6.10. The lowest BCUT2D eigenvalue weighted by Gasteiger charge is -2.26. The Kier molecular flexibility index (Phi) is 4.69. The van der Waals surface area contributed by atoms with Gasteiger partial charge in [-0.2, -0.15) is 0 Å². The van der Waals surface area contributed by atoms with Gasteiger partial charge in [0.2, 0.25) is 0 Å². The largest absolute Gasteiger partial charge is 0.459 e. The van der Waals surface area contributed by atoms with Crippen molar-refractivity contribution in [1.29, 1.82) is 0 Å². The Balaban J connectivity index is 2.46. The number of aliphatic imine (C=N–C) groups is 1. The molecule has 98 valence electrons. The summed E-state index contributed by atoms with van der Waals surface area (Å²) >= 11 is 0. The zero-order valence-corrected chi connectivity index (χ0v) is 11.4. The van der Waals surface area contributed by atoms with Gasteiger partial charge in [-0.15, -0.1) is 0 Å². The van der Waals surface area contributed by atoms with E-state index in [-0.39, 0.29) is 18.1 Å². The van der Waals surface area contributed by atoms with Gasteiger partial charge >= 0.3 is 5.97 Å². The summed E-state index contributed by atoms with van der Waals surface area (Å²) in [6, 6.07) is 0.150. The molecule has 0 aromatic carbocycles. The molecule has 17 heavy (non-hydrogen) atoms. The van der Waals surface area contributed by atoms with Crippen LogP contribution in [0, 0.1) is 5.41 Å². The van der Waals surface area contributed by atoms with Gasteiger partial charge in [0.15, 0.2) is 0 Å². The molecule has 0 aliphatic carbocycles. The molecule has 1 aliphatic heterocycles. The van der Waals surface area contributed by atoms with E-state index in [1.807, 2.05) is 27.7 Å². The lowest BCUT2D eigenvalue weighted by molar-refractivity contribution is -0.151. The van der Waals surface area contributed by atoms with E-state index in [9.17, 15) is 4.79 Å². The zero-order valence-electron chi connectivity index (χ0n) is 11.4. The number of nitrogens with zero attached hydrogens (tertiary/aromatic N) is 1. The number of rotatable bonds is 3. The molecule has 0 N–H and O–H groups in total. The van der Waals surface area contributed by atoms with Crippen LogP contribution in [0.15, 0.2) is 4.99 Å². The summed E-state index contributed by atoms with van der Waals surface area (Å²) in [6.07, 6.45) is 1.99. The van der Waals surface area contributed by atoms with Crippen LogP contribution in [0.2, 0.25) is 0 Å². The van der Waals surface area contributed by atoms with Crippen LogP contribution in [-0.2, 0) is 14.3 Å². The Morgan fingerprint density at radius 2 is 2.12 bits per heavy atom. The van der Waals surface area contributed by atoms with Crippen LogP contribution >= 0.6 is 0 Å². The molecule has 2 atom stereocenters. The third-order valence-electron chi connectivity index (χ3n) is 2.93. The Morgan fingerprint density at radius 3 is 2.59 bits per heavy atom. The maximum absolute atomic E-state index is 11.6. The van der Waals surface area contributed by atoms with Crippen molar-refractivity contribution < 1.29 is 14.3 Å². The second-order valence-corrected chi connectivity index (χ2v) is 5.57. The van der Waals surface area contributed by atoms with Crippen LogP contribution < -0.4 is 0 Å². The highest BCUT2D eigenvalue weighted by Gasteiger charge is 2.26. The van der Waals surface area contributed by atoms with E-state index in [0.717, 1.165) is 18.6 Å². The van der Waals surface area contributed by atoms with Gasteiger partial charge in [0.05, 0.1) is 23.3 Å². The summed E-state index contributed by atoms with van der Waals surface area (Å²) in [4.78, 5) is 16.1. The molecule has 4 heteroatoms. The average molecular weight is 241 g/mol. The number of carbonyl (C=O) groups is 1. The summed E-state index contributed by atoms with van der Waals surface area (Å²) in [7, 11) is 1.71. The van der Waals surface area contributed by atoms with E-state index >= 15 is 0 Å². The second-order valence-electron chi connectivity index (χ2n) is 5.57. The minimum Gasteiger partial charge on any atom is -0.459 e. The smallest absolute Gasteiger partial charge is 0.311 e. The van der Waals surface area contributed by atoms with Crippen LogP contribution in [0.4, 0.5) is 0 Å². The maximum Gasteiger partial charge on any atom is 0.311 e. The van der Waals surface area contributed by atoms with Crippen molar-refractivity contribution in [3.63, 3.8) is 0 Å². The van der Waals surface area contributed by atoms with Crippen LogP contribution in [-0.4, -0.2) is 37.5 Å². The van der Waals surface area contributed by atoms with Crippen LogP contribution in [0.25, 0.3) is 0 Å². The average Bonchev–Trinajstić information content (AvgIpc) is 2.24. The molecule has 4 nitrogen and oxygen atoms in total. The molecule has 0 radical (unpaired) electrons. The van der Waals surface area contributed by atoms with E-state index in [1.54, 1.807) is 7.11 Å². The first-order chi connectivity index (χ1) is 7.84. The van der Waals surface area contributed by atoms with Crippen LogP contribution in [0.1, 0.15) is 40.5 Å². The van der Waals surface area contributed by atoms with Gasteiger partial charge in [-0.1, -0.05) is 0 Å². The summed E-state index contributed by atoms with van der Waals surface area (Å²) in [5, 5.41) is 0. The van der Waals surface area contributed by atoms with Gasteiger partial charge in [0, 0.05) is 7.11 Å². The fraction of sp³-hybridized carbons (Fsp3) is 0.846. The Labute approximate surface area is 103 Å². The summed E-state index contributed by atoms with van der Waals surface area (Å²) < 4.78 is 10.6. The number of hydrogen-bond donors (Lipinski definition) is 0. The normalized spacial score (nSPS) is 25.4. The standard InChI is InChI=1S/C13H23NO3/c1-9-11(16-5)7-6-10(14-9)8-17-12(15)13(2,3)4/h9,11H,6-8H2,1-5H3/t9-,11-/m1/s1. The molecule has 1 heterocycles. The van der Waals surface area contributed by atoms with E-state index < -0.39 is 5.41 Å². The molecule has 0 unspecified atom stereocenters. The van der Waals surface area contributed by atoms with Crippen LogP contribution in [0.3, 0.4) is 0 Å². The Hall–Kier alpha value is -0.900. The molecular formula is C13H23NO3. The fourth-order valence-corrected chi connectivity index (χ4v) is 1.78. The summed E-state index contributed by atoms with van der Waals surface area (Å²) in [5.74, 6) is -0.179. The molecule has 0 fully saturated rings. The van der Waals surface area contributed by atoms with Gasteiger partial charge in [-0.05, 0) is 40.5 Å². The van der Waals surface area contributed by atoms with Gasteiger partial charge < -0.3 is 9.47 Å². The maximum atomic E-state index is 11.6. The SMILES string of the molecule is CO[C@@H]1CCC(COC(=O)C(C)(C)C)=N[C@@H]1C. The van der Waals surface area contributed by atoms with Crippen molar-refractivity contribution in [1.82, 2.24) is 0 Å². The van der Waals surface area contributed by atoms with Gasteiger partial charge in [0.1, 0.15) is 6.61 Å². The van der Waals surface area contributed by atoms with Crippen molar-refractivity contribution in [2.75, 3.05) is 13.7 Å². The highest BCUT2D eigenvalue weighted by atomic mass is 16.5. The van der Waals surface area contributed by atoms with Crippen molar-refractivity contribution >= 4 is 11.7 Å². The second kappa shape index (κ2) is 5.63. The summed E-state index contributed by atoms with van der Waals surface area (Å²) in [6.45, 7) is 7.89. The van der Waals surface area contributed by atoms with E-state index in [1.165, 1.54) is 0 Å².